The molecule has 1 N–H and O–H groups in total. The molecule has 0 fully saturated rings. The molecule has 0 radical (unpaired) electrons. The predicted octanol–water partition coefficient (Wildman–Crippen LogP) is 2.47. The van der Waals surface area contributed by atoms with E-state index in [0.29, 0.717) is 22.6 Å². The Kier molecular flexibility index (Phi) is 4.93. The second-order valence-corrected chi connectivity index (χ2v) is 4.17. The predicted molar refractivity (Wildman–Crippen MR) is 81.0 cm³/mol. The highest BCUT2D eigenvalue weighted by Gasteiger charge is 2.04. The number of carbonyl (C=O) groups excluding carboxylic acids is 1. The zero-order valence-electron chi connectivity index (χ0n) is 11.9. The van der Waals surface area contributed by atoms with Crippen molar-refractivity contribution in [2.75, 3.05) is 14.2 Å². The summed E-state index contributed by atoms with van der Waals surface area (Å²) < 4.78 is 10.4. The van der Waals surface area contributed by atoms with Crippen LogP contribution in [0.1, 0.15) is 15.9 Å². The highest BCUT2D eigenvalue weighted by Crippen LogP contribution is 2.22. The molecular formula is C16H16N2O3. The number of methoxy groups -OCH3 is 2. The lowest BCUT2D eigenvalue weighted by Crippen LogP contribution is -2.17. The van der Waals surface area contributed by atoms with E-state index in [4.69, 9.17) is 9.47 Å². The Balaban J connectivity index is 2.09. The van der Waals surface area contributed by atoms with Crippen molar-refractivity contribution in [1.82, 2.24) is 5.43 Å². The van der Waals surface area contributed by atoms with Gasteiger partial charge in [-0.1, -0.05) is 18.2 Å². The maximum absolute atomic E-state index is 11.8. The normalized spacial score (nSPS) is 10.4. The Labute approximate surface area is 123 Å². The second kappa shape index (κ2) is 7.09. The topological polar surface area (TPSA) is 59.9 Å². The lowest BCUT2D eigenvalue weighted by atomic mass is 10.2. The van der Waals surface area contributed by atoms with Crippen LogP contribution < -0.4 is 14.9 Å². The monoisotopic (exact) mass is 284 g/mol. The molecule has 108 valence electrons. The van der Waals surface area contributed by atoms with Gasteiger partial charge in [0.2, 0.25) is 0 Å². The molecule has 0 aliphatic heterocycles. The lowest BCUT2D eigenvalue weighted by molar-refractivity contribution is 0.0955. The van der Waals surface area contributed by atoms with Gasteiger partial charge in [-0.2, -0.15) is 5.10 Å². The van der Waals surface area contributed by atoms with Crippen LogP contribution in [0, 0.1) is 0 Å². The number of nitrogens with one attached hydrogen (secondary N) is 1. The number of amides is 1. The van der Waals surface area contributed by atoms with Gasteiger partial charge in [0.1, 0.15) is 11.5 Å². The molecule has 0 aliphatic carbocycles. The minimum absolute atomic E-state index is 0.270. The summed E-state index contributed by atoms with van der Waals surface area (Å²) in [6, 6.07) is 14.2. The van der Waals surface area contributed by atoms with E-state index in [1.54, 1.807) is 56.7 Å². The van der Waals surface area contributed by atoms with Gasteiger partial charge in [0.05, 0.1) is 20.4 Å². The number of benzene rings is 2. The molecule has 0 spiro atoms. The first-order valence-electron chi connectivity index (χ1n) is 6.35. The van der Waals surface area contributed by atoms with Crippen LogP contribution in [0.3, 0.4) is 0 Å². The van der Waals surface area contributed by atoms with E-state index in [9.17, 15) is 4.79 Å². The van der Waals surface area contributed by atoms with E-state index in [-0.39, 0.29) is 5.91 Å². The molecule has 2 aromatic carbocycles. The summed E-state index contributed by atoms with van der Waals surface area (Å²) >= 11 is 0. The van der Waals surface area contributed by atoms with Crippen molar-refractivity contribution >= 4 is 12.1 Å². The van der Waals surface area contributed by atoms with Crippen molar-refractivity contribution in [2.45, 2.75) is 0 Å². The quantitative estimate of drug-likeness (QED) is 0.677. The van der Waals surface area contributed by atoms with E-state index < -0.39 is 0 Å². The van der Waals surface area contributed by atoms with Crippen molar-refractivity contribution in [3.63, 3.8) is 0 Å². The van der Waals surface area contributed by atoms with E-state index in [1.807, 2.05) is 6.07 Å². The smallest absolute Gasteiger partial charge is 0.271 e. The summed E-state index contributed by atoms with van der Waals surface area (Å²) in [6.07, 6.45) is 1.52. The minimum atomic E-state index is -0.270. The Morgan fingerprint density at radius 2 is 1.86 bits per heavy atom. The minimum Gasteiger partial charge on any atom is -0.497 e. The van der Waals surface area contributed by atoms with Gasteiger partial charge in [-0.05, 0) is 30.3 Å². The molecule has 0 heterocycles. The third-order valence-corrected chi connectivity index (χ3v) is 2.84. The van der Waals surface area contributed by atoms with Crippen LogP contribution in [-0.4, -0.2) is 26.3 Å². The van der Waals surface area contributed by atoms with Gasteiger partial charge in [0.25, 0.3) is 5.91 Å². The van der Waals surface area contributed by atoms with Crippen LogP contribution in [0.15, 0.2) is 53.6 Å². The van der Waals surface area contributed by atoms with Gasteiger partial charge in [-0.25, -0.2) is 5.43 Å². The number of hydrogen-bond acceptors (Lipinski definition) is 4. The van der Waals surface area contributed by atoms with Crippen LogP contribution >= 0.6 is 0 Å². The van der Waals surface area contributed by atoms with Gasteiger partial charge >= 0.3 is 0 Å². The zero-order valence-corrected chi connectivity index (χ0v) is 11.9. The Bertz CT molecular complexity index is 639. The first kappa shape index (κ1) is 14.6. The molecule has 0 unspecified atom stereocenters. The molecule has 2 aromatic rings. The number of rotatable bonds is 5. The molecular weight excluding hydrogens is 268 g/mol. The van der Waals surface area contributed by atoms with E-state index in [2.05, 4.69) is 10.5 Å². The summed E-state index contributed by atoms with van der Waals surface area (Å²) in [4.78, 5) is 11.8. The first-order chi connectivity index (χ1) is 10.2. The summed E-state index contributed by atoms with van der Waals surface area (Å²) in [5, 5.41) is 3.94. The van der Waals surface area contributed by atoms with Crippen LogP contribution in [0.25, 0.3) is 0 Å². The van der Waals surface area contributed by atoms with E-state index in [0.717, 1.165) is 0 Å². The lowest BCUT2D eigenvalue weighted by Gasteiger charge is -2.06. The Morgan fingerprint density at radius 1 is 1.10 bits per heavy atom. The summed E-state index contributed by atoms with van der Waals surface area (Å²) in [7, 11) is 3.15. The third kappa shape index (κ3) is 3.82. The van der Waals surface area contributed by atoms with Crippen molar-refractivity contribution in [3.05, 3.63) is 59.7 Å². The number of hydrazone groups is 1. The number of carbonyl (C=O) groups is 1. The van der Waals surface area contributed by atoms with Gasteiger partial charge in [0, 0.05) is 11.1 Å². The van der Waals surface area contributed by atoms with Crippen molar-refractivity contribution in [1.29, 1.82) is 0 Å². The van der Waals surface area contributed by atoms with E-state index in [1.165, 1.54) is 6.21 Å². The molecule has 0 bridgehead atoms. The van der Waals surface area contributed by atoms with Crippen molar-refractivity contribution in [2.24, 2.45) is 5.10 Å². The van der Waals surface area contributed by atoms with Crippen molar-refractivity contribution < 1.29 is 14.3 Å². The van der Waals surface area contributed by atoms with Crippen LogP contribution in [-0.2, 0) is 0 Å². The summed E-state index contributed by atoms with van der Waals surface area (Å²) in [5.74, 6) is 1.06. The summed E-state index contributed by atoms with van der Waals surface area (Å²) in [6.45, 7) is 0. The number of nitrogens with zero attached hydrogens (tertiary/aromatic N) is 1. The molecule has 0 aliphatic rings. The molecule has 21 heavy (non-hydrogen) atoms. The fraction of sp³-hybridized carbons (Fsp3) is 0.125. The molecule has 5 heteroatoms. The van der Waals surface area contributed by atoms with Crippen LogP contribution in [0.5, 0.6) is 11.5 Å². The maximum Gasteiger partial charge on any atom is 0.271 e. The van der Waals surface area contributed by atoms with Gasteiger partial charge in [0.15, 0.2) is 0 Å². The molecule has 2 rings (SSSR count). The maximum atomic E-state index is 11.8. The Morgan fingerprint density at radius 3 is 2.52 bits per heavy atom. The average molecular weight is 284 g/mol. The largest absolute Gasteiger partial charge is 0.497 e. The van der Waals surface area contributed by atoms with Gasteiger partial charge in [-0.3, -0.25) is 4.79 Å². The second-order valence-electron chi connectivity index (χ2n) is 4.17. The van der Waals surface area contributed by atoms with Crippen LogP contribution in [0.2, 0.25) is 0 Å². The highest BCUT2D eigenvalue weighted by atomic mass is 16.5. The molecule has 0 saturated heterocycles. The standard InChI is InChI=1S/C16H16N2O3/c1-20-14-8-9-15(21-2)13(10-14)11-17-18-16(19)12-6-4-3-5-7-12/h3-11H,1-2H3,(H,18,19)/b17-11+. The number of ether oxygens (including phenoxy) is 2. The molecule has 5 nitrogen and oxygen atoms in total. The SMILES string of the molecule is COc1ccc(OC)c(/C=N/NC(=O)c2ccccc2)c1. The molecule has 0 saturated carbocycles. The van der Waals surface area contributed by atoms with Crippen LogP contribution in [0.4, 0.5) is 0 Å². The van der Waals surface area contributed by atoms with Gasteiger partial charge < -0.3 is 9.47 Å². The first-order valence-corrected chi connectivity index (χ1v) is 6.35. The fourth-order valence-electron chi connectivity index (χ4n) is 1.75. The molecule has 1 amide bonds. The van der Waals surface area contributed by atoms with Gasteiger partial charge in [-0.15, -0.1) is 0 Å². The molecule has 0 aromatic heterocycles. The average Bonchev–Trinajstić information content (AvgIpc) is 2.55. The zero-order chi connectivity index (χ0) is 15.1. The third-order valence-electron chi connectivity index (χ3n) is 2.84. The highest BCUT2D eigenvalue weighted by molar-refractivity contribution is 5.95. The summed E-state index contributed by atoms with van der Waals surface area (Å²) in [5.41, 5.74) is 3.73. The fourth-order valence-corrected chi connectivity index (χ4v) is 1.75. The number of hydrogen-bond donors (Lipinski definition) is 1. The van der Waals surface area contributed by atoms with E-state index >= 15 is 0 Å². The Hall–Kier alpha value is -2.82. The molecule has 0 atom stereocenters. The van der Waals surface area contributed by atoms with Crippen molar-refractivity contribution in [3.8, 4) is 11.5 Å².